The molecule has 14 heavy (non-hydrogen) atoms. The third kappa shape index (κ3) is 2.10. The van der Waals surface area contributed by atoms with Gasteiger partial charge in [-0.15, -0.1) is 0 Å². The first-order valence-electron chi connectivity index (χ1n) is 4.70. The first kappa shape index (κ1) is 9.18. The Morgan fingerprint density at radius 1 is 1.36 bits per heavy atom. The second-order valence-electron chi connectivity index (χ2n) is 3.25. The Labute approximate surface area is 82.7 Å². The highest BCUT2D eigenvalue weighted by Crippen LogP contribution is 2.00. The van der Waals surface area contributed by atoms with E-state index in [2.05, 4.69) is 16.2 Å². The number of rotatable bonds is 2. The Morgan fingerprint density at radius 2 is 2.14 bits per heavy atom. The fraction of sp³-hybridized carbons (Fsp3) is 0.300. The van der Waals surface area contributed by atoms with Crippen LogP contribution < -0.4 is 16.2 Å². The number of hydrogen-bond acceptors (Lipinski definition) is 3. The molecule has 3 N–H and O–H groups in total. The Balaban J connectivity index is 1.95. The standard InChI is InChI=1S/C10H13N3O/c14-10(8-4-2-1-3-5-8)12-9-6-7-11-13-9/h1-5,9,11,13H,6-7H2,(H,12,14). The van der Waals surface area contributed by atoms with Gasteiger partial charge in [-0.05, 0) is 18.6 Å². The number of nitrogens with one attached hydrogen (secondary N) is 3. The molecule has 4 nitrogen and oxygen atoms in total. The molecule has 1 aromatic carbocycles. The van der Waals surface area contributed by atoms with Gasteiger partial charge in [-0.3, -0.25) is 10.2 Å². The van der Waals surface area contributed by atoms with E-state index in [0.29, 0.717) is 5.56 Å². The van der Waals surface area contributed by atoms with Crippen LogP contribution in [0, 0.1) is 0 Å². The van der Waals surface area contributed by atoms with Crippen molar-refractivity contribution in [2.45, 2.75) is 12.6 Å². The van der Waals surface area contributed by atoms with Gasteiger partial charge in [-0.25, -0.2) is 5.43 Å². The molecule has 1 saturated heterocycles. The lowest BCUT2D eigenvalue weighted by Crippen LogP contribution is -2.44. The predicted octanol–water partition coefficient (Wildman–Crippen LogP) is 0.240. The van der Waals surface area contributed by atoms with Crippen LogP contribution in [0.1, 0.15) is 16.8 Å². The number of carbonyl (C=O) groups is 1. The maximum Gasteiger partial charge on any atom is 0.252 e. The number of hydrazine groups is 1. The highest BCUT2D eigenvalue weighted by Gasteiger charge is 2.16. The fourth-order valence-corrected chi connectivity index (χ4v) is 1.42. The molecule has 0 saturated carbocycles. The molecule has 0 aliphatic carbocycles. The molecule has 0 spiro atoms. The van der Waals surface area contributed by atoms with Gasteiger partial charge in [0.25, 0.3) is 5.91 Å². The van der Waals surface area contributed by atoms with Gasteiger partial charge < -0.3 is 5.32 Å². The molecule has 1 unspecified atom stereocenters. The Kier molecular flexibility index (Phi) is 2.76. The first-order chi connectivity index (χ1) is 6.86. The molecule has 1 aliphatic heterocycles. The molecule has 74 valence electrons. The van der Waals surface area contributed by atoms with Crippen LogP contribution >= 0.6 is 0 Å². The van der Waals surface area contributed by atoms with Crippen molar-refractivity contribution in [2.75, 3.05) is 6.54 Å². The minimum atomic E-state index is -0.0354. The highest BCUT2D eigenvalue weighted by molar-refractivity contribution is 5.94. The summed E-state index contributed by atoms with van der Waals surface area (Å²) in [7, 11) is 0. The zero-order valence-corrected chi connectivity index (χ0v) is 7.79. The van der Waals surface area contributed by atoms with Gasteiger partial charge in [0.1, 0.15) is 0 Å². The van der Waals surface area contributed by atoms with E-state index >= 15 is 0 Å². The number of benzene rings is 1. The first-order valence-corrected chi connectivity index (χ1v) is 4.70. The average molecular weight is 191 g/mol. The van der Waals surface area contributed by atoms with Crippen molar-refractivity contribution in [3.05, 3.63) is 35.9 Å². The Bertz CT molecular complexity index is 306. The predicted molar refractivity (Wildman–Crippen MR) is 53.5 cm³/mol. The average Bonchev–Trinajstić information content (AvgIpc) is 2.72. The summed E-state index contributed by atoms with van der Waals surface area (Å²) in [6, 6.07) is 9.21. The zero-order chi connectivity index (χ0) is 9.80. The monoisotopic (exact) mass is 191 g/mol. The molecule has 4 heteroatoms. The van der Waals surface area contributed by atoms with Crippen molar-refractivity contribution in [3.63, 3.8) is 0 Å². The van der Waals surface area contributed by atoms with Crippen molar-refractivity contribution in [1.82, 2.24) is 16.2 Å². The van der Waals surface area contributed by atoms with Crippen LogP contribution in [-0.4, -0.2) is 18.6 Å². The van der Waals surface area contributed by atoms with Crippen molar-refractivity contribution in [2.24, 2.45) is 0 Å². The van der Waals surface area contributed by atoms with Crippen LogP contribution in [0.4, 0.5) is 0 Å². The summed E-state index contributed by atoms with van der Waals surface area (Å²) < 4.78 is 0. The lowest BCUT2D eigenvalue weighted by molar-refractivity contribution is 0.0932. The molecule has 0 bridgehead atoms. The van der Waals surface area contributed by atoms with E-state index in [9.17, 15) is 4.79 Å². The summed E-state index contributed by atoms with van der Waals surface area (Å²) in [6.45, 7) is 0.889. The SMILES string of the molecule is O=C(NC1CCNN1)c1ccccc1. The maximum atomic E-state index is 11.6. The van der Waals surface area contributed by atoms with Gasteiger partial charge in [0.05, 0.1) is 6.17 Å². The van der Waals surface area contributed by atoms with E-state index in [1.54, 1.807) is 12.1 Å². The summed E-state index contributed by atoms with van der Waals surface area (Å²) in [5.41, 5.74) is 6.64. The van der Waals surface area contributed by atoms with Crippen LogP contribution in [-0.2, 0) is 0 Å². The Hall–Kier alpha value is -1.39. The van der Waals surface area contributed by atoms with E-state index in [4.69, 9.17) is 0 Å². The van der Waals surface area contributed by atoms with Crippen molar-refractivity contribution in [1.29, 1.82) is 0 Å². The number of amides is 1. The lowest BCUT2D eigenvalue weighted by Gasteiger charge is -2.11. The minimum Gasteiger partial charge on any atom is -0.335 e. The molecule has 1 aromatic rings. The van der Waals surface area contributed by atoms with Crippen molar-refractivity contribution >= 4 is 5.91 Å². The molecule has 1 atom stereocenters. The molecule has 2 rings (SSSR count). The summed E-state index contributed by atoms with van der Waals surface area (Å²) in [5.74, 6) is -0.0354. The summed E-state index contributed by atoms with van der Waals surface area (Å²) in [6.07, 6.45) is 0.959. The topological polar surface area (TPSA) is 53.2 Å². The lowest BCUT2D eigenvalue weighted by atomic mass is 10.2. The largest absolute Gasteiger partial charge is 0.335 e. The van der Waals surface area contributed by atoms with Gasteiger partial charge in [0.15, 0.2) is 0 Å². The maximum absolute atomic E-state index is 11.6. The summed E-state index contributed by atoms with van der Waals surface area (Å²) >= 11 is 0. The second-order valence-corrected chi connectivity index (χ2v) is 3.25. The van der Waals surface area contributed by atoms with E-state index in [1.807, 2.05) is 18.2 Å². The smallest absolute Gasteiger partial charge is 0.252 e. The van der Waals surface area contributed by atoms with Crippen molar-refractivity contribution < 1.29 is 4.79 Å². The van der Waals surface area contributed by atoms with Crippen LogP contribution in [0.25, 0.3) is 0 Å². The van der Waals surface area contributed by atoms with E-state index in [-0.39, 0.29) is 12.1 Å². The van der Waals surface area contributed by atoms with Gasteiger partial charge in [-0.2, -0.15) is 0 Å². The molecule has 0 radical (unpaired) electrons. The molecule has 0 aromatic heterocycles. The molecule has 1 heterocycles. The minimum absolute atomic E-state index is 0.0354. The van der Waals surface area contributed by atoms with Crippen LogP contribution in [0.5, 0.6) is 0 Å². The van der Waals surface area contributed by atoms with Crippen LogP contribution in [0.2, 0.25) is 0 Å². The zero-order valence-electron chi connectivity index (χ0n) is 7.79. The van der Waals surface area contributed by atoms with E-state index in [1.165, 1.54) is 0 Å². The molecular weight excluding hydrogens is 178 g/mol. The summed E-state index contributed by atoms with van der Waals surface area (Å²) in [4.78, 5) is 11.6. The van der Waals surface area contributed by atoms with Gasteiger partial charge in [0.2, 0.25) is 0 Å². The fourth-order valence-electron chi connectivity index (χ4n) is 1.42. The van der Waals surface area contributed by atoms with Crippen LogP contribution in [0.15, 0.2) is 30.3 Å². The molecule has 1 amide bonds. The van der Waals surface area contributed by atoms with E-state index in [0.717, 1.165) is 13.0 Å². The van der Waals surface area contributed by atoms with E-state index < -0.39 is 0 Å². The molecule has 1 aliphatic rings. The normalized spacial score (nSPS) is 20.7. The number of hydrogen-bond donors (Lipinski definition) is 3. The quantitative estimate of drug-likeness (QED) is 0.627. The summed E-state index contributed by atoms with van der Waals surface area (Å²) in [5, 5.41) is 2.88. The van der Waals surface area contributed by atoms with Crippen molar-refractivity contribution in [3.8, 4) is 0 Å². The highest BCUT2D eigenvalue weighted by atomic mass is 16.1. The number of carbonyl (C=O) groups excluding carboxylic acids is 1. The third-order valence-electron chi connectivity index (χ3n) is 2.18. The molecular formula is C10H13N3O. The van der Waals surface area contributed by atoms with Gasteiger partial charge >= 0.3 is 0 Å². The molecule has 1 fully saturated rings. The third-order valence-corrected chi connectivity index (χ3v) is 2.18. The van der Waals surface area contributed by atoms with Gasteiger partial charge in [-0.1, -0.05) is 18.2 Å². The second kappa shape index (κ2) is 4.21. The van der Waals surface area contributed by atoms with Gasteiger partial charge in [0, 0.05) is 12.1 Å². The van der Waals surface area contributed by atoms with Crippen LogP contribution in [0.3, 0.4) is 0 Å². The Morgan fingerprint density at radius 3 is 2.79 bits per heavy atom.